The van der Waals surface area contributed by atoms with Crippen molar-refractivity contribution in [3.05, 3.63) is 27.3 Å². The fourth-order valence-corrected chi connectivity index (χ4v) is 3.77. The second-order valence-electron chi connectivity index (χ2n) is 3.62. The number of benzene rings is 1. The first-order chi connectivity index (χ1) is 7.79. The quantitative estimate of drug-likeness (QED) is 0.695. The van der Waals surface area contributed by atoms with Crippen LogP contribution in [-0.4, -0.2) is 16.3 Å². The lowest BCUT2D eigenvalue weighted by atomic mass is 10.2. The molecule has 90 valence electrons. The maximum Gasteiger partial charge on any atom is 0.0770 e. The van der Waals surface area contributed by atoms with Gasteiger partial charge in [0.2, 0.25) is 0 Å². The highest BCUT2D eigenvalue weighted by atomic mass is 127. The van der Waals surface area contributed by atoms with Gasteiger partial charge in [-0.05, 0) is 40.8 Å². The van der Waals surface area contributed by atoms with Crippen LogP contribution in [0.3, 0.4) is 0 Å². The van der Waals surface area contributed by atoms with E-state index in [2.05, 4.69) is 45.9 Å². The number of thiophene rings is 1. The van der Waals surface area contributed by atoms with E-state index >= 15 is 0 Å². The van der Waals surface area contributed by atoms with Crippen molar-refractivity contribution in [1.29, 1.82) is 0 Å². The Labute approximate surface area is 123 Å². The lowest BCUT2D eigenvalue weighted by Crippen LogP contribution is -2.10. The minimum atomic E-state index is 0. The summed E-state index contributed by atoms with van der Waals surface area (Å²) in [4.78, 5) is 0. The summed E-state index contributed by atoms with van der Waals surface area (Å²) in [6.45, 7) is 1.39. The molecule has 17 heavy (non-hydrogen) atoms. The molecule has 6 heteroatoms. The normalized spacial score (nSPS) is 10.9. The first kappa shape index (κ1) is 13.1. The maximum absolute atomic E-state index is 5.60. The van der Waals surface area contributed by atoms with Gasteiger partial charge in [0.15, 0.2) is 0 Å². The van der Waals surface area contributed by atoms with Crippen molar-refractivity contribution >= 4 is 67.3 Å². The van der Waals surface area contributed by atoms with E-state index in [4.69, 9.17) is 5.73 Å². The maximum atomic E-state index is 5.60. The van der Waals surface area contributed by atoms with Gasteiger partial charge in [0.1, 0.15) is 0 Å². The highest BCUT2D eigenvalue weighted by Crippen LogP contribution is 2.32. The highest BCUT2D eigenvalue weighted by Gasteiger charge is 2.09. The summed E-state index contributed by atoms with van der Waals surface area (Å²) in [7, 11) is 0. The van der Waals surface area contributed by atoms with Gasteiger partial charge in [-0.2, -0.15) is 5.10 Å². The van der Waals surface area contributed by atoms with Gasteiger partial charge in [-0.15, -0.1) is 23.7 Å². The van der Waals surface area contributed by atoms with E-state index < -0.39 is 0 Å². The largest absolute Gasteiger partial charge is 0.329 e. The van der Waals surface area contributed by atoms with E-state index in [1.165, 1.54) is 23.9 Å². The monoisotopic (exact) mass is 379 g/mol. The van der Waals surface area contributed by atoms with E-state index in [1.54, 1.807) is 0 Å². The van der Waals surface area contributed by atoms with Crippen LogP contribution in [0, 0.1) is 2.88 Å². The molecule has 0 aliphatic rings. The molecule has 0 aliphatic carbocycles. The van der Waals surface area contributed by atoms with E-state index in [9.17, 15) is 0 Å². The molecule has 0 bridgehead atoms. The SMILES string of the molecule is Cl.NCCn1ncc2ccc3sc(I)cc3c21. The molecule has 3 nitrogen and oxygen atoms in total. The van der Waals surface area contributed by atoms with E-state index in [-0.39, 0.29) is 12.4 Å². The predicted octanol–water partition coefficient (Wildman–Crippen LogP) is 3.24. The standard InChI is InChI=1S/C11H10IN3S.ClH/c12-10-5-8-9(16-10)2-1-7-6-14-15(4-3-13)11(7)8;/h1-2,5-6H,3-4,13H2;1H. The van der Waals surface area contributed by atoms with Crippen molar-refractivity contribution in [2.75, 3.05) is 6.54 Å². The van der Waals surface area contributed by atoms with Crippen LogP contribution in [-0.2, 0) is 6.54 Å². The van der Waals surface area contributed by atoms with Gasteiger partial charge in [-0.3, -0.25) is 4.68 Å². The zero-order valence-electron chi connectivity index (χ0n) is 8.89. The molecule has 0 unspecified atom stereocenters. The molecule has 0 radical (unpaired) electrons. The Kier molecular flexibility index (Phi) is 3.92. The summed E-state index contributed by atoms with van der Waals surface area (Å²) in [5.74, 6) is 0. The van der Waals surface area contributed by atoms with Crippen LogP contribution in [0.1, 0.15) is 0 Å². The number of halogens is 2. The number of nitrogens with zero attached hydrogens (tertiary/aromatic N) is 2. The summed E-state index contributed by atoms with van der Waals surface area (Å²) >= 11 is 4.17. The number of hydrogen-bond acceptors (Lipinski definition) is 3. The molecule has 3 aromatic rings. The fraction of sp³-hybridized carbons (Fsp3) is 0.182. The third kappa shape index (κ3) is 2.16. The third-order valence-corrected chi connectivity index (χ3v) is 4.47. The Balaban J connectivity index is 0.00000108. The minimum Gasteiger partial charge on any atom is -0.329 e. The Morgan fingerprint density at radius 1 is 1.41 bits per heavy atom. The van der Waals surface area contributed by atoms with Gasteiger partial charge >= 0.3 is 0 Å². The summed E-state index contributed by atoms with van der Waals surface area (Å²) in [5.41, 5.74) is 6.81. The van der Waals surface area contributed by atoms with E-state index in [0.29, 0.717) is 6.54 Å². The Bertz CT molecular complexity index is 661. The Morgan fingerprint density at radius 3 is 3.00 bits per heavy atom. The fourth-order valence-electron chi connectivity index (χ4n) is 1.96. The lowest BCUT2D eigenvalue weighted by Gasteiger charge is -2.01. The average Bonchev–Trinajstić information content (AvgIpc) is 2.81. The molecule has 2 heterocycles. The van der Waals surface area contributed by atoms with Gasteiger partial charge in [-0.25, -0.2) is 0 Å². The van der Waals surface area contributed by atoms with Crippen molar-refractivity contribution in [3.63, 3.8) is 0 Å². The smallest absolute Gasteiger partial charge is 0.0770 e. The average molecular weight is 380 g/mol. The number of aromatic nitrogens is 2. The zero-order chi connectivity index (χ0) is 11.1. The first-order valence-corrected chi connectivity index (χ1v) is 6.93. The van der Waals surface area contributed by atoms with E-state index in [1.807, 2.05) is 22.2 Å². The van der Waals surface area contributed by atoms with E-state index in [0.717, 1.165) is 6.54 Å². The first-order valence-electron chi connectivity index (χ1n) is 5.03. The van der Waals surface area contributed by atoms with Gasteiger partial charge in [0, 0.05) is 22.0 Å². The van der Waals surface area contributed by atoms with Gasteiger partial charge in [0.25, 0.3) is 0 Å². The molecule has 0 fully saturated rings. The van der Waals surface area contributed by atoms with Crippen LogP contribution in [0.2, 0.25) is 0 Å². The molecule has 0 atom stereocenters. The van der Waals surface area contributed by atoms with Crippen LogP contribution in [0.15, 0.2) is 24.4 Å². The van der Waals surface area contributed by atoms with Crippen molar-refractivity contribution in [1.82, 2.24) is 9.78 Å². The summed E-state index contributed by atoms with van der Waals surface area (Å²) < 4.78 is 4.62. The predicted molar refractivity (Wildman–Crippen MR) is 84.1 cm³/mol. The number of hydrogen-bond donors (Lipinski definition) is 1. The van der Waals surface area contributed by atoms with Crippen LogP contribution in [0.5, 0.6) is 0 Å². The topological polar surface area (TPSA) is 43.8 Å². The molecular formula is C11H11ClIN3S. The summed E-state index contributed by atoms with van der Waals surface area (Å²) in [5, 5.41) is 6.86. The molecule has 2 N–H and O–H groups in total. The van der Waals surface area contributed by atoms with Crippen LogP contribution in [0.25, 0.3) is 21.0 Å². The highest BCUT2D eigenvalue weighted by molar-refractivity contribution is 14.1. The molecule has 0 spiro atoms. The molecule has 0 amide bonds. The lowest BCUT2D eigenvalue weighted by molar-refractivity contribution is 0.647. The second kappa shape index (κ2) is 5.09. The summed E-state index contributed by atoms with van der Waals surface area (Å²) in [6.07, 6.45) is 1.91. The van der Waals surface area contributed by atoms with Crippen molar-refractivity contribution in [2.45, 2.75) is 6.54 Å². The van der Waals surface area contributed by atoms with Gasteiger partial charge in [-0.1, -0.05) is 0 Å². The molecule has 3 rings (SSSR count). The molecule has 2 aromatic heterocycles. The van der Waals surface area contributed by atoms with Crippen LogP contribution >= 0.6 is 46.3 Å². The zero-order valence-corrected chi connectivity index (χ0v) is 12.7. The number of nitrogens with two attached hydrogens (primary N) is 1. The molecule has 1 aromatic carbocycles. The van der Waals surface area contributed by atoms with Gasteiger partial charge < -0.3 is 5.73 Å². The molecular weight excluding hydrogens is 369 g/mol. The van der Waals surface area contributed by atoms with Crippen molar-refractivity contribution in [2.24, 2.45) is 5.73 Å². The Morgan fingerprint density at radius 2 is 2.24 bits per heavy atom. The van der Waals surface area contributed by atoms with Crippen LogP contribution < -0.4 is 5.73 Å². The summed E-state index contributed by atoms with van der Waals surface area (Å²) in [6, 6.07) is 6.51. The van der Waals surface area contributed by atoms with Crippen molar-refractivity contribution in [3.8, 4) is 0 Å². The van der Waals surface area contributed by atoms with Crippen LogP contribution in [0.4, 0.5) is 0 Å². The molecule has 0 aliphatic heterocycles. The number of fused-ring (bicyclic) bond motifs is 3. The molecule has 0 saturated heterocycles. The van der Waals surface area contributed by atoms with Gasteiger partial charge in [0.05, 0.1) is 21.1 Å². The number of rotatable bonds is 2. The molecule has 0 saturated carbocycles. The third-order valence-electron chi connectivity index (χ3n) is 2.61. The second-order valence-corrected chi connectivity index (χ2v) is 6.60. The van der Waals surface area contributed by atoms with Crippen molar-refractivity contribution < 1.29 is 0 Å². The minimum absolute atomic E-state index is 0. The Hall–Kier alpha value is -0.370.